The van der Waals surface area contributed by atoms with E-state index >= 15 is 0 Å². The van der Waals surface area contributed by atoms with Gasteiger partial charge in [-0.2, -0.15) is 0 Å². The van der Waals surface area contributed by atoms with Crippen LogP contribution in [0.4, 0.5) is 22.0 Å². The van der Waals surface area contributed by atoms with E-state index in [2.05, 4.69) is 15.4 Å². The summed E-state index contributed by atoms with van der Waals surface area (Å²) in [7, 11) is 0. The summed E-state index contributed by atoms with van der Waals surface area (Å²) < 4.78 is 68.1. The van der Waals surface area contributed by atoms with E-state index < -0.39 is 40.5 Å². The maximum atomic E-state index is 13.7. The predicted molar refractivity (Wildman–Crippen MR) is 64.0 cm³/mol. The first-order valence-electron chi connectivity index (χ1n) is 6.14. The summed E-state index contributed by atoms with van der Waals surface area (Å²) in [6, 6.07) is 6.96. The van der Waals surface area contributed by atoms with Crippen molar-refractivity contribution in [2.75, 3.05) is 0 Å². The Morgan fingerprint density at radius 3 is 1.87 bits per heavy atom. The quantitative estimate of drug-likeness (QED) is 0.229. The van der Waals surface area contributed by atoms with Crippen LogP contribution < -0.4 is 3.07 Å². The molecule has 0 unspecified atom stereocenters. The molecule has 0 N–H and O–H groups in total. The van der Waals surface area contributed by atoms with Gasteiger partial charge in [0, 0.05) is 0 Å². The SMILES string of the molecule is Fc1c(F)c(F)c(-c2nnn(-c3cc[c]([Hg])cc3)n2)c(F)c1F. The summed E-state index contributed by atoms with van der Waals surface area (Å²) in [6.07, 6.45) is 0. The Morgan fingerprint density at radius 2 is 1.30 bits per heavy atom. The molecule has 0 atom stereocenters. The van der Waals surface area contributed by atoms with Crippen LogP contribution >= 0.6 is 0 Å². The fourth-order valence-corrected chi connectivity index (χ4v) is 2.77. The molecule has 0 amide bonds. The summed E-state index contributed by atoms with van der Waals surface area (Å²) in [5, 5.41) is 10.6. The van der Waals surface area contributed by atoms with Crippen LogP contribution in [-0.2, 0) is 26.1 Å². The summed E-state index contributed by atoms with van der Waals surface area (Å²) in [6.45, 7) is 0. The molecule has 0 saturated carbocycles. The van der Waals surface area contributed by atoms with Crippen molar-refractivity contribution in [1.82, 2.24) is 20.2 Å². The van der Waals surface area contributed by atoms with Crippen LogP contribution in [0, 0.1) is 29.1 Å². The van der Waals surface area contributed by atoms with Gasteiger partial charge in [-0.1, -0.05) is 0 Å². The Labute approximate surface area is 141 Å². The Morgan fingerprint density at radius 1 is 0.783 bits per heavy atom. The van der Waals surface area contributed by atoms with Gasteiger partial charge in [0.25, 0.3) is 0 Å². The second-order valence-electron chi connectivity index (χ2n) is 4.51. The van der Waals surface area contributed by atoms with Crippen LogP contribution in [-0.4, -0.2) is 20.2 Å². The zero-order chi connectivity index (χ0) is 16.7. The molecule has 23 heavy (non-hydrogen) atoms. The minimum atomic E-state index is -2.24. The first-order chi connectivity index (χ1) is 10.9. The Kier molecular flexibility index (Phi) is 4.13. The Bertz CT molecular complexity index is 865. The van der Waals surface area contributed by atoms with Crippen molar-refractivity contribution in [1.29, 1.82) is 0 Å². The molecular weight excluding hydrogens is 508 g/mol. The van der Waals surface area contributed by atoms with E-state index in [9.17, 15) is 22.0 Å². The summed E-state index contributed by atoms with van der Waals surface area (Å²) in [4.78, 5) is 0.945. The van der Waals surface area contributed by atoms with Crippen molar-refractivity contribution in [3.05, 3.63) is 53.4 Å². The van der Waals surface area contributed by atoms with Gasteiger partial charge >= 0.3 is 142 Å². The van der Waals surface area contributed by atoms with E-state index in [1.807, 2.05) is 12.1 Å². The van der Waals surface area contributed by atoms with Crippen molar-refractivity contribution in [3.8, 4) is 17.1 Å². The Balaban J connectivity index is 2.13. The number of hydrogen-bond acceptors (Lipinski definition) is 3. The molecule has 0 saturated heterocycles. The zero-order valence-electron chi connectivity index (χ0n) is 11.2. The molecule has 0 aliphatic heterocycles. The van der Waals surface area contributed by atoms with Gasteiger partial charge in [0.05, 0.1) is 0 Å². The monoisotopic (exact) mass is 513 g/mol. The molecule has 0 aliphatic rings. The van der Waals surface area contributed by atoms with Gasteiger partial charge in [0.1, 0.15) is 0 Å². The minimum absolute atomic E-state index is 0.423. The first-order valence-corrected chi connectivity index (χ1v) is 8.89. The molecule has 113 valence electrons. The van der Waals surface area contributed by atoms with Gasteiger partial charge in [0.15, 0.2) is 0 Å². The van der Waals surface area contributed by atoms with Crippen LogP contribution in [0.2, 0.25) is 0 Å². The number of hydrogen-bond donors (Lipinski definition) is 0. The van der Waals surface area contributed by atoms with Crippen molar-refractivity contribution >= 4 is 3.07 Å². The fraction of sp³-hybridized carbons (Fsp3) is 0. The molecule has 2 aromatic carbocycles. The van der Waals surface area contributed by atoms with E-state index in [1.54, 1.807) is 12.1 Å². The molecule has 3 aromatic rings. The number of benzene rings is 2. The van der Waals surface area contributed by atoms with Crippen molar-refractivity contribution in [3.63, 3.8) is 0 Å². The first kappa shape index (κ1) is 16.0. The van der Waals surface area contributed by atoms with E-state index in [1.165, 1.54) is 0 Å². The second kappa shape index (κ2) is 5.95. The van der Waals surface area contributed by atoms with E-state index in [4.69, 9.17) is 0 Å². The average molecular weight is 512 g/mol. The van der Waals surface area contributed by atoms with Gasteiger partial charge in [-0.25, -0.2) is 0 Å². The number of rotatable bonds is 2. The van der Waals surface area contributed by atoms with Gasteiger partial charge < -0.3 is 0 Å². The number of aromatic nitrogens is 4. The molecule has 3 rings (SSSR count). The molecule has 0 spiro atoms. The van der Waals surface area contributed by atoms with Crippen LogP contribution in [0.25, 0.3) is 17.1 Å². The molecule has 10 heteroatoms. The summed E-state index contributed by atoms with van der Waals surface area (Å²) in [5.74, 6) is -11.1. The van der Waals surface area contributed by atoms with E-state index in [-0.39, 0.29) is 0 Å². The molecular formula is C13H4F5HgN4. The molecule has 0 fully saturated rings. The van der Waals surface area contributed by atoms with Crippen LogP contribution in [0.5, 0.6) is 0 Å². The zero-order valence-corrected chi connectivity index (χ0v) is 16.7. The summed E-state index contributed by atoms with van der Waals surface area (Å²) >= 11 is 0.423. The number of halogens is 5. The van der Waals surface area contributed by atoms with E-state index in [0.29, 0.717) is 31.8 Å². The standard InChI is InChI=1S/C13H4F5N4.Hg/c14-8-7(9(15)11(17)12(18)10(8)16)13-19-21-22(20-13)6-4-2-1-3-5-6;/h2-5H;. The van der Waals surface area contributed by atoms with Crippen molar-refractivity contribution < 1.29 is 48.1 Å². The second-order valence-corrected chi connectivity index (χ2v) is 7.69. The van der Waals surface area contributed by atoms with Crippen molar-refractivity contribution in [2.45, 2.75) is 0 Å². The predicted octanol–water partition coefficient (Wildman–Crippen LogP) is 2.20. The van der Waals surface area contributed by atoms with Crippen molar-refractivity contribution in [2.24, 2.45) is 0 Å². The van der Waals surface area contributed by atoms with Gasteiger partial charge in [-0.15, -0.1) is 0 Å². The third-order valence-corrected chi connectivity index (χ3v) is 4.85. The number of tetrazole rings is 1. The third kappa shape index (κ3) is 2.73. The molecule has 4 nitrogen and oxygen atoms in total. The number of nitrogens with zero attached hydrogens (tertiary/aromatic N) is 4. The summed E-state index contributed by atoms with van der Waals surface area (Å²) in [5.41, 5.74) is -0.767. The fourth-order valence-electron chi connectivity index (χ4n) is 1.85. The van der Waals surface area contributed by atoms with Gasteiger partial charge in [-0.05, 0) is 0 Å². The third-order valence-electron chi connectivity index (χ3n) is 3.01. The molecule has 0 radical (unpaired) electrons. The Hall–Kier alpha value is -1.90. The molecule has 1 heterocycles. The normalized spacial score (nSPS) is 11.1. The molecule has 1 aromatic heterocycles. The van der Waals surface area contributed by atoms with Gasteiger partial charge in [0.2, 0.25) is 0 Å². The van der Waals surface area contributed by atoms with Gasteiger partial charge in [-0.3, -0.25) is 0 Å². The molecule has 0 bridgehead atoms. The molecule has 0 aliphatic carbocycles. The average Bonchev–Trinajstić information content (AvgIpc) is 3.01. The van der Waals surface area contributed by atoms with Crippen LogP contribution in [0.15, 0.2) is 24.3 Å². The maximum absolute atomic E-state index is 13.7. The topological polar surface area (TPSA) is 43.6 Å². The van der Waals surface area contributed by atoms with E-state index in [0.717, 1.165) is 7.87 Å². The van der Waals surface area contributed by atoms with Crippen LogP contribution in [0.1, 0.15) is 0 Å². The van der Waals surface area contributed by atoms with Crippen LogP contribution in [0.3, 0.4) is 0 Å².